The lowest BCUT2D eigenvalue weighted by Gasteiger charge is -2.16. The number of nitrogens with zero attached hydrogens (tertiary/aromatic N) is 2. The first kappa shape index (κ1) is 13.2. The summed E-state index contributed by atoms with van der Waals surface area (Å²) in [4.78, 5) is 0. The maximum absolute atomic E-state index is 9.60. The minimum absolute atomic E-state index is 0.251. The van der Waals surface area contributed by atoms with E-state index in [4.69, 9.17) is 0 Å². The normalized spacial score (nSPS) is 17.1. The molecule has 92 valence electrons. The van der Waals surface area contributed by atoms with Crippen molar-refractivity contribution in [3.05, 3.63) is 18.0 Å². The first-order valence-corrected chi connectivity index (χ1v) is 6.30. The van der Waals surface area contributed by atoms with Gasteiger partial charge in [-0.2, -0.15) is 5.10 Å². The highest BCUT2D eigenvalue weighted by Gasteiger charge is 2.15. The molecule has 16 heavy (non-hydrogen) atoms. The summed E-state index contributed by atoms with van der Waals surface area (Å²) < 4.78 is 2.02. The third kappa shape index (κ3) is 3.34. The molecule has 0 aromatic carbocycles. The lowest BCUT2D eigenvalue weighted by molar-refractivity contribution is 0.122. The van der Waals surface area contributed by atoms with Crippen LogP contribution >= 0.6 is 0 Å². The second kappa shape index (κ2) is 6.04. The first-order chi connectivity index (χ1) is 7.58. The van der Waals surface area contributed by atoms with Gasteiger partial charge in [0.2, 0.25) is 0 Å². The summed E-state index contributed by atoms with van der Waals surface area (Å²) >= 11 is 0. The van der Waals surface area contributed by atoms with Crippen molar-refractivity contribution in [3.63, 3.8) is 0 Å². The molecule has 3 atom stereocenters. The van der Waals surface area contributed by atoms with E-state index in [1.54, 1.807) is 0 Å². The average molecular weight is 224 g/mol. The van der Waals surface area contributed by atoms with Gasteiger partial charge in [-0.1, -0.05) is 20.3 Å². The Kier molecular flexibility index (Phi) is 5.00. The smallest absolute Gasteiger partial charge is 0.0628 e. The van der Waals surface area contributed by atoms with Gasteiger partial charge >= 0.3 is 0 Å². The average Bonchev–Trinajstić information content (AvgIpc) is 2.72. The summed E-state index contributed by atoms with van der Waals surface area (Å²) in [6.07, 6.45) is 4.75. The molecule has 0 bridgehead atoms. The molecule has 0 aliphatic carbocycles. The highest BCUT2D eigenvalue weighted by Crippen LogP contribution is 2.16. The van der Waals surface area contributed by atoms with Crippen molar-refractivity contribution in [2.24, 2.45) is 5.92 Å². The minimum atomic E-state index is -0.251. The summed E-state index contributed by atoms with van der Waals surface area (Å²) in [6.45, 7) is 8.31. The molecule has 0 radical (unpaired) electrons. The van der Waals surface area contributed by atoms with Crippen LogP contribution in [0, 0.1) is 5.92 Å². The monoisotopic (exact) mass is 224 g/mol. The Labute approximate surface area is 98.5 Å². The van der Waals surface area contributed by atoms with Crippen LogP contribution in [0.1, 0.15) is 52.3 Å². The van der Waals surface area contributed by atoms with Gasteiger partial charge in [0.15, 0.2) is 0 Å². The molecule has 0 saturated heterocycles. The lowest BCUT2D eigenvalue weighted by atomic mass is 9.95. The third-order valence-electron chi connectivity index (χ3n) is 3.38. The largest absolute Gasteiger partial charge is 0.393 e. The molecular weight excluding hydrogens is 200 g/mol. The Bertz CT molecular complexity index is 307. The number of hydrogen-bond acceptors (Lipinski definition) is 2. The van der Waals surface area contributed by atoms with Gasteiger partial charge in [-0.25, -0.2) is 0 Å². The van der Waals surface area contributed by atoms with E-state index in [-0.39, 0.29) is 6.10 Å². The van der Waals surface area contributed by atoms with Gasteiger partial charge in [0.1, 0.15) is 0 Å². The molecule has 3 unspecified atom stereocenters. The molecule has 1 heterocycles. The first-order valence-electron chi connectivity index (χ1n) is 6.30. The zero-order chi connectivity index (χ0) is 12.1. The second-order valence-corrected chi connectivity index (χ2v) is 4.66. The number of rotatable bonds is 6. The summed E-state index contributed by atoms with van der Waals surface area (Å²) in [5.74, 6) is 0.320. The van der Waals surface area contributed by atoms with Gasteiger partial charge in [-0.05, 0) is 38.7 Å². The predicted octanol–water partition coefficient (Wildman–Crippen LogP) is 2.80. The van der Waals surface area contributed by atoms with E-state index in [9.17, 15) is 5.11 Å². The zero-order valence-corrected chi connectivity index (χ0v) is 10.8. The van der Waals surface area contributed by atoms with E-state index in [1.807, 2.05) is 17.8 Å². The topological polar surface area (TPSA) is 38.0 Å². The molecule has 0 fully saturated rings. The highest BCUT2D eigenvalue weighted by atomic mass is 16.3. The molecule has 3 nitrogen and oxygen atoms in total. The van der Waals surface area contributed by atoms with Crippen LogP contribution in [0.3, 0.4) is 0 Å². The Morgan fingerprint density at radius 1 is 1.31 bits per heavy atom. The van der Waals surface area contributed by atoms with Gasteiger partial charge in [-0.15, -0.1) is 0 Å². The van der Waals surface area contributed by atoms with Crippen molar-refractivity contribution < 1.29 is 5.11 Å². The molecule has 1 aromatic rings. The third-order valence-corrected chi connectivity index (χ3v) is 3.38. The van der Waals surface area contributed by atoms with Crippen LogP contribution in [0.5, 0.6) is 0 Å². The van der Waals surface area contributed by atoms with Crippen LogP contribution in [-0.4, -0.2) is 21.0 Å². The Morgan fingerprint density at radius 3 is 2.50 bits per heavy atom. The predicted molar refractivity (Wildman–Crippen MR) is 66.4 cm³/mol. The SMILES string of the molecule is CCC(Cc1ccn(C(C)CC)n1)C(C)O. The van der Waals surface area contributed by atoms with Crippen molar-refractivity contribution in [2.45, 2.75) is 59.1 Å². The van der Waals surface area contributed by atoms with Crippen LogP contribution in [0.25, 0.3) is 0 Å². The highest BCUT2D eigenvalue weighted by molar-refractivity contribution is 5.01. The summed E-state index contributed by atoms with van der Waals surface area (Å²) in [7, 11) is 0. The Morgan fingerprint density at radius 2 is 2.00 bits per heavy atom. The van der Waals surface area contributed by atoms with Gasteiger partial charge in [0.05, 0.1) is 11.8 Å². The molecule has 0 aliphatic heterocycles. The maximum atomic E-state index is 9.60. The van der Waals surface area contributed by atoms with Crippen LogP contribution in [0.4, 0.5) is 0 Å². The molecule has 0 amide bonds. The van der Waals surface area contributed by atoms with Gasteiger partial charge in [0, 0.05) is 12.2 Å². The summed E-state index contributed by atoms with van der Waals surface area (Å²) in [5.41, 5.74) is 1.09. The quantitative estimate of drug-likeness (QED) is 0.807. The number of aromatic nitrogens is 2. The molecule has 1 N–H and O–H groups in total. The van der Waals surface area contributed by atoms with Gasteiger partial charge in [0.25, 0.3) is 0 Å². The number of aliphatic hydroxyl groups excluding tert-OH is 1. The molecule has 3 heteroatoms. The van der Waals surface area contributed by atoms with E-state index < -0.39 is 0 Å². The second-order valence-electron chi connectivity index (χ2n) is 4.66. The van der Waals surface area contributed by atoms with E-state index in [2.05, 4.69) is 31.9 Å². The Hall–Kier alpha value is -0.830. The van der Waals surface area contributed by atoms with Crippen molar-refractivity contribution in [1.29, 1.82) is 0 Å². The van der Waals surface area contributed by atoms with Gasteiger partial charge in [-0.3, -0.25) is 4.68 Å². The van der Waals surface area contributed by atoms with Crippen LogP contribution in [0.15, 0.2) is 12.3 Å². The fourth-order valence-corrected chi connectivity index (χ4v) is 1.84. The van der Waals surface area contributed by atoms with Crippen LogP contribution < -0.4 is 0 Å². The zero-order valence-electron chi connectivity index (χ0n) is 10.8. The number of hydrogen-bond donors (Lipinski definition) is 1. The lowest BCUT2D eigenvalue weighted by Crippen LogP contribution is -2.18. The molecule has 0 aliphatic rings. The van der Waals surface area contributed by atoms with E-state index in [1.165, 1.54) is 0 Å². The summed E-state index contributed by atoms with van der Waals surface area (Å²) in [5, 5.41) is 14.2. The van der Waals surface area contributed by atoms with Crippen molar-refractivity contribution >= 4 is 0 Å². The van der Waals surface area contributed by atoms with Crippen molar-refractivity contribution in [1.82, 2.24) is 9.78 Å². The van der Waals surface area contributed by atoms with Crippen molar-refractivity contribution in [2.75, 3.05) is 0 Å². The van der Waals surface area contributed by atoms with Crippen LogP contribution in [-0.2, 0) is 6.42 Å². The van der Waals surface area contributed by atoms with Crippen molar-refractivity contribution in [3.8, 4) is 0 Å². The fourth-order valence-electron chi connectivity index (χ4n) is 1.84. The fraction of sp³-hybridized carbons (Fsp3) is 0.769. The minimum Gasteiger partial charge on any atom is -0.393 e. The molecule has 1 rings (SSSR count). The van der Waals surface area contributed by atoms with E-state index in [0.717, 1.165) is 25.0 Å². The van der Waals surface area contributed by atoms with E-state index >= 15 is 0 Å². The van der Waals surface area contributed by atoms with E-state index in [0.29, 0.717) is 12.0 Å². The van der Waals surface area contributed by atoms with Crippen LogP contribution in [0.2, 0.25) is 0 Å². The molecule has 1 aromatic heterocycles. The van der Waals surface area contributed by atoms with Gasteiger partial charge < -0.3 is 5.11 Å². The molecular formula is C13H24N2O. The maximum Gasteiger partial charge on any atom is 0.0628 e. The molecule has 0 saturated carbocycles. The summed E-state index contributed by atoms with van der Waals surface area (Å²) in [6, 6.07) is 2.53. The number of aliphatic hydroxyl groups is 1. The molecule has 0 spiro atoms. The Balaban J connectivity index is 2.64. The standard InChI is InChI=1S/C13H24N2O/c1-5-10(3)15-8-7-13(14-15)9-12(6-2)11(4)16/h7-8,10-12,16H,5-6,9H2,1-4H3.